The molecule has 0 aromatic heterocycles. The minimum Gasteiger partial charge on any atom is -0.384 e. The predicted molar refractivity (Wildman–Crippen MR) is 71.4 cm³/mol. The van der Waals surface area contributed by atoms with Gasteiger partial charge < -0.3 is 5.32 Å². The Hall–Kier alpha value is -1.25. The van der Waals surface area contributed by atoms with Gasteiger partial charge in [0.2, 0.25) is 0 Å². The van der Waals surface area contributed by atoms with Gasteiger partial charge >= 0.3 is 0 Å². The highest BCUT2D eigenvalue weighted by molar-refractivity contribution is 7.91. The first-order valence-electron chi connectivity index (χ1n) is 5.64. The summed E-state index contributed by atoms with van der Waals surface area (Å²) >= 11 is 5.87. The maximum Gasteiger partial charge on any atom is 0.150 e. The fourth-order valence-corrected chi connectivity index (χ4v) is 4.08. The van der Waals surface area contributed by atoms with E-state index in [4.69, 9.17) is 16.9 Å². The molecule has 0 saturated carbocycles. The van der Waals surface area contributed by atoms with Crippen LogP contribution in [0.1, 0.15) is 12.0 Å². The van der Waals surface area contributed by atoms with E-state index in [1.54, 1.807) is 18.2 Å². The molecule has 0 radical (unpaired) electrons. The van der Waals surface area contributed by atoms with Crippen LogP contribution in [0.25, 0.3) is 0 Å². The summed E-state index contributed by atoms with van der Waals surface area (Å²) in [6.45, 7) is 0.550. The average molecular weight is 285 g/mol. The number of nitrogens with zero attached hydrogens (tertiary/aromatic N) is 1. The van der Waals surface area contributed by atoms with E-state index in [2.05, 4.69) is 11.4 Å². The van der Waals surface area contributed by atoms with Gasteiger partial charge in [-0.05, 0) is 30.5 Å². The summed E-state index contributed by atoms with van der Waals surface area (Å²) in [5.74, 6) is 0.600. The minimum atomic E-state index is -2.85. The van der Waals surface area contributed by atoms with Gasteiger partial charge in [-0.25, -0.2) is 8.42 Å². The molecule has 1 N–H and O–H groups in total. The minimum absolute atomic E-state index is 0.112. The molecule has 1 aliphatic rings. The molecular weight excluding hydrogens is 272 g/mol. The lowest BCUT2D eigenvalue weighted by atomic mass is 10.1. The van der Waals surface area contributed by atoms with Gasteiger partial charge in [0.1, 0.15) is 6.07 Å². The van der Waals surface area contributed by atoms with Gasteiger partial charge in [-0.15, -0.1) is 0 Å². The van der Waals surface area contributed by atoms with Crippen molar-refractivity contribution in [3.63, 3.8) is 0 Å². The van der Waals surface area contributed by atoms with Gasteiger partial charge in [0, 0.05) is 11.6 Å². The molecule has 18 heavy (non-hydrogen) atoms. The second kappa shape index (κ2) is 5.17. The largest absolute Gasteiger partial charge is 0.384 e. The van der Waals surface area contributed by atoms with Crippen molar-refractivity contribution in [1.82, 2.24) is 0 Å². The van der Waals surface area contributed by atoms with E-state index in [1.807, 2.05) is 0 Å². The Morgan fingerprint density at radius 2 is 2.28 bits per heavy atom. The maximum absolute atomic E-state index is 11.3. The van der Waals surface area contributed by atoms with Crippen LogP contribution in [-0.4, -0.2) is 26.5 Å². The molecule has 1 saturated heterocycles. The Morgan fingerprint density at radius 1 is 1.50 bits per heavy atom. The summed E-state index contributed by atoms with van der Waals surface area (Å²) < 4.78 is 22.7. The number of nitrogens with one attached hydrogen (secondary N) is 1. The molecule has 0 aliphatic carbocycles. The molecule has 0 bridgehead atoms. The van der Waals surface area contributed by atoms with Gasteiger partial charge in [-0.2, -0.15) is 5.26 Å². The monoisotopic (exact) mass is 284 g/mol. The van der Waals surface area contributed by atoms with Crippen molar-refractivity contribution in [2.45, 2.75) is 6.42 Å². The summed E-state index contributed by atoms with van der Waals surface area (Å²) in [4.78, 5) is 0. The van der Waals surface area contributed by atoms with Crippen LogP contribution in [0.5, 0.6) is 0 Å². The summed E-state index contributed by atoms with van der Waals surface area (Å²) in [5, 5.41) is 12.6. The molecule has 1 unspecified atom stereocenters. The van der Waals surface area contributed by atoms with Gasteiger partial charge in [-0.1, -0.05) is 11.6 Å². The van der Waals surface area contributed by atoms with Crippen LogP contribution in [0.2, 0.25) is 5.02 Å². The van der Waals surface area contributed by atoms with Crippen molar-refractivity contribution >= 4 is 27.1 Å². The van der Waals surface area contributed by atoms with Crippen molar-refractivity contribution in [3.8, 4) is 6.07 Å². The summed E-state index contributed by atoms with van der Waals surface area (Å²) in [5.41, 5.74) is 1.18. The molecule has 6 heteroatoms. The average Bonchev–Trinajstić information content (AvgIpc) is 2.66. The lowest BCUT2D eigenvalue weighted by Gasteiger charge is -2.12. The molecular formula is C12H13ClN2O2S. The number of sulfone groups is 1. The van der Waals surface area contributed by atoms with E-state index in [0.29, 0.717) is 29.2 Å². The zero-order chi connectivity index (χ0) is 13.2. The SMILES string of the molecule is N#Cc1ccc(Cl)cc1NCC1CCS(=O)(=O)C1. The zero-order valence-corrected chi connectivity index (χ0v) is 11.3. The Bertz CT molecular complexity index is 593. The van der Waals surface area contributed by atoms with Crippen LogP contribution in [0, 0.1) is 17.2 Å². The summed E-state index contributed by atoms with van der Waals surface area (Å²) in [7, 11) is -2.85. The van der Waals surface area contributed by atoms with E-state index < -0.39 is 9.84 Å². The quantitative estimate of drug-likeness (QED) is 0.922. The Labute approximate surface area is 111 Å². The highest BCUT2D eigenvalue weighted by atomic mass is 35.5. The Morgan fingerprint density at radius 3 is 2.89 bits per heavy atom. The summed E-state index contributed by atoms with van der Waals surface area (Å²) in [6.07, 6.45) is 0.678. The van der Waals surface area contributed by atoms with Crippen LogP contribution >= 0.6 is 11.6 Å². The highest BCUT2D eigenvalue weighted by Crippen LogP contribution is 2.23. The second-order valence-electron chi connectivity index (χ2n) is 4.45. The first-order chi connectivity index (χ1) is 8.50. The number of hydrogen-bond donors (Lipinski definition) is 1. The molecule has 1 aromatic rings. The normalized spacial score (nSPS) is 21.4. The summed E-state index contributed by atoms with van der Waals surface area (Å²) in [6, 6.07) is 7.07. The standard InChI is InChI=1S/C12H13ClN2O2S/c13-11-2-1-10(6-14)12(5-11)15-7-9-3-4-18(16,17)8-9/h1-2,5,9,15H,3-4,7-8H2. The third kappa shape index (κ3) is 3.15. The van der Waals surface area contributed by atoms with E-state index in [1.165, 1.54) is 0 Å². The van der Waals surface area contributed by atoms with E-state index >= 15 is 0 Å². The van der Waals surface area contributed by atoms with Crippen LogP contribution in [0.15, 0.2) is 18.2 Å². The lowest BCUT2D eigenvalue weighted by molar-refractivity contribution is 0.596. The molecule has 1 heterocycles. The fraction of sp³-hybridized carbons (Fsp3) is 0.417. The third-order valence-corrected chi connectivity index (χ3v) is 5.08. The lowest BCUT2D eigenvalue weighted by Crippen LogP contribution is -2.16. The van der Waals surface area contributed by atoms with Crippen molar-refractivity contribution in [3.05, 3.63) is 28.8 Å². The number of rotatable bonds is 3. The molecule has 4 nitrogen and oxygen atoms in total. The number of hydrogen-bond acceptors (Lipinski definition) is 4. The second-order valence-corrected chi connectivity index (χ2v) is 7.12. The predicted octanol–water partition coefficient (Wildman–Crippen LogP) is 2.06. The molecule has 1 aliphatic heterocycles. The fourth-order valence-electron chi connectivity index (χ4n) is 2.05. The Kier molecular flexibility index (Phi) is 3.79. The molecule has 96 valence electrons. The van der Waals surface area contributed by atoms with Crippen molar-refractivity contribution < 1.29 is 8.42 Å². The maximum atomic E-state index is 11.3. The smallest absolute Gasteiger partial charge is 0.150 e. The van der Waals surface area contributed by atoms with Gasteiger partial charge in [0.15, 0.2) is 9.84 Å². The van der Waals surface area contributed by atoms with Gasteiger partial charge in [-0.3, -0.25) is 0 Å². The molecule has 1 aromatic carbocycles. The molecule has 2 rings (SSSR count). The number of anilines is 1. The topological polar surface area (TPSA) is 70.0 Å². The Balaban J connectivity index is 2.03. The zero-order valence-electron chi connectivity index (χ0n) is 9.69. The molecule has 1 atom stereocenters. The molecule has 1 fully saturated rings. The first kappa shape index (κ1) is 13.2. The molecule has 0 spiro atoms. The van der Waals surface area contributed by atoms with Crippen molar-refractivity contribution in [2.24, 2.45) is 5.92 Å². The van der Waals surface area contributed by atoms with Crippen molar-refractivity contribution in [2.75, 3.05) is 23.4 Å². The van der Waals surface area contributed by atoms with Crippen LogP contribution in [0.3, 0.4) is 0 Å². The number of benzene rings is 1. The van der Waals surface area contributed by atoms with E-state index in [0.717, 1.165) is 0 Å². The van der Waals surface area contributed by atoms with Crippen molar-refractivity contribution in [1.29, 1.82) is 5.26 Å². The molecule has 0 amide bonds. The third-order valence-electron chi connectivity index (χ3n) is 3.01. The van der Waals surface area contributed by atoms with Crippen LogP contribution in [0.4, 0.5) is 5.69 Å². The number of halogens is 1. The van der Waals surface area contributed by atoms with Gasteiger partial charge in [0.25, 0.3) is 0 Å². The highest BCUT2D eigenvalue weighted by Gasteiger charge is 2.27. The van der Waals surface area contributed by atoms with E-state index in [-0.39, 0.29) is 17.4 Å². The van der Waals surface area contributed by atoms with E-state index in [9.17, 15) is 8.42 Å². The van der Waals surface area contributed by atoms with Gasteiger partial charge in [0.05, 0.1) is 22.8 Å². The van der Waals surface area contributed by atoms with Crippen LogP contribution in [-0.2, 0) is 9.84 Å². The number of nitriles is 1. The first-order valence-corrected chi connectivity index (χ1v) is 7.84. The van der Waals surface area contributed by atoms with Crippen LogP contribution < -0.4 is 5.32 Å².